The fourth-order valence-electron chi connectivity index (χ4n) is 0.570. The zero-order valence-electron chi connectivity index (χ0n) is 6.42. The maximum Gasteiger partial charge on any atom is 0.126 e. The minimum absolute atomic E-state index is 0.0600. The van der Waals surface area contributed by atoms with E-state index in [0.717, 1.165) is 19.1 Å². The molecule has 1 atom stereocenters. The van der Waals surface area contributed by atoms with Crippen LogP contribution in [0.4, 0.5) is 0 Å². The van der Waals surface area contributed by atoms with Crippen molar-refractivity contribution in [2.24, 2.45) is 5.92 Å². The van der Waals surface area contributed by atoms with Gasteiger partial charge in [-0.15, -0.1) is 6.58 Å². The second-order valence-corrected chi connectivity index (χ2v) is 2.29. The van der Waals surface area contributed by atoms with E-state index in [1.165, 1.54) is 0 Å². The number of rotatable bonds is 5. The average molecular weight is 138 g/mol. The molecule has 0 heterocycles. The van der Waals surface area contributed by atoms with Gasteiger partial charge in [0.25, 0.3) is 0 Å². The summed E-state index contributed by atoms with van der Waals surface area (Å²) in [6, 6.07) is 0. The van der Waals surface area contributed by atoms with Gasteiger partial charge in [-0.25, -0.2) is 0 Å². The van der Waals surface area contributed by atoms with Crippen LogP contribution >= 0.6 is 0 Å². The molecule has 10 heavy (non-hydrogen) atoms. The molecule has 0 radical (unpaired) electrons. The molecule has 0 saturated carbocycles. The van der Waals surface area contributed by atoms with E-state index in [2.05, 4.69) is 6.58 Å². The van der Waals surface area contributed by atoms with Gasteiger partial charge in [0.1, 0.15) is 6.29 Å². The molecule has 0 spiro atoms. The normalized spacial score (nSPS) is 13.3. The number of allylic oxidation sites excluding steroid dienone is 3. The van der Waals surface area contributed by atoms with Gasteiger partial charge < -0.3 is 4.79 Å². The third-order valence-corrected chi connectivity index (χ3v) is 1.19. The average Bonchev–Trinajstić information content (AvgIpc) is 1.98. The lowest BCUT2D eigenvalue weighted by molar-refractivity contribution is -0.109. The third kappa shape index (κ3) is 5.29. The summed E-state index contributed by atoms with van der Waals surface area (Å²) in [4.78, 5) is 10.1. The van der Waals surface area contributed by atoms with Gasteiger partial charge in [-0.1, -0.05) is 25.2 Å². The molecule has 0 amide bonds. The molecule has 0 fully saturated rings. The molecular weight excluding hydrogens is 124 g/mol. The summed E-state index contributed by atoms with van der Waals surface area (Å²) >= 11 is 0. The maximum atomic E-state index is 10.1. The summed E-state index contributed by atoms with van der Waals surface area (Å²) in [5.41, 5.74) is 0. The minimum atomic E-state index is 0.0600. The van der Waals surface area contributed by atoms with Crippen LogP contribution in [0.3, 0.4) is 0 Å². The summed E-state index contributed by atoms with van der Waals surface area (Å²) < 4.78 is 0. The van der Waals surface area contributed by atoms with Crippen LogP contribution < -0.4 is 0 Å². The van der Waals surface area contributed by atoms with E-state index in [-0.39, 0.29) is 5.92 Å². The first-order valence-electron chi connectivity index (χ1n) is 3.54. The molecular formula is C9H14O. The first-order valence-corrected chi connectivity index (χ1v) is 3.54. The van der Waals surface area contributed by atoms with Crippen molar-refractivity contribution in [3.05, 3.63) is 24.8 Å². The van der Waals surface area contributed by atoms with E-state index in [9.17, 15) is 4.79 Å². The van der Waals surface area contributed by atoms with E-state index in [1.54, 1.807) is 0 Å². The molecule has 0 saturated heterocycles. The highest BCUT2D eigenvalue weighted by Gasteiger charge is 1.88. The molecule has 1 unspecified atom stereocenters. The molecule has 0 rings (SSSR count). The first kappa shape index (κ1) is 9.15. The summed E-state index contributed by atoms with van der Waals surface area (Å²) in [6.07, 6.45) is 8.71. The number of hydrogen-bond donors (Lipinski definition) is 0. The number of hydrogen-bond acceptors (Lipinski definition) is 1. The minimum Gasteiger partial charge on any atom is -0.303 e. The Morgan fingerprint density at radius 1 is 1.50 bits per heavy atom. The van der Waals surface area contributed by atoms with Crippen LogP contribution in [0.1, 0.15) is 19.8 Å². The van der Waals surface area contributed by atoms with Crippen molar-refractivity contribution in [1.29, 1.82) is 0 Å². The van der Waals surface area contributed by atoms with Crippen molar-refractivity contribution in [2.45, 2.75) is 19.8 Å². The lowest BCUT2D eigenvalue weighted by Crippen LogP contribution is -1.87. The largest absolute Gasteiger partial charge is 0.303 e. The van der Waals surface area contributed by atoms with Crippen LogP contribution in [0, 0.1) is 5.92 Å². The van der Waals surface area contributed by atoms with Gasteiger partial charge in [0.2, 0.25) is 0 Å². The van der Waals surface area contributed by atoms with Crippen LogP contribution in [-0.2, 0) is 4.79 Å². The van der Waals surface area contributed by atoms with Gasteiger partial charge in [-0.05, 0) is 12.8 Å². The van der Waals surface area contributed by atoms with E-state index in [0.29, 0.717) is 0 Å². The Kier molecular flexibility index (Phi) is 5.74. The molecule has 0 aromatic carbocycles. The zero-order valence-corrected chi connectivity index (χ0v) is 6.42. The SMILES string of the molecule is C=CCC/C=C/C(C)C=O. The Labute approximate surface area is 62.4 Å². The van der Waals surface area contributed by atoms with E-state index in [4.69, 9.17) is 0 Å². The molecule has 0 aliphatic heterocycles. The van der Waals surface area contributed by atoms with Crippen LogP contribution in [-0.4, -0.2) is 6.29 Å². The summed E-state index contributed by atoms with van der Waals surface area (Å²) in [5.74, 6) is 0.0600. The van der Waals surface area contributed by atoms with E-state index >= 15 is 0 Å². The standard InChI is InChI=1S/C9H14O/c1-3-4-5-6-7-9(2)8-10/h3,6-9H,1,4-5H2,2H3/b7-6+. The predicted octanol–water partition coefficient (Wildman–Crippen LogP) is 2.34. The summed E-state index contributed by atoms with van der Waals surface area (Å²) in [6.45, 7) is 5.47. The first-order chi connectivity index (χ1) is 4.81. The maximum absolute atomic E-state index is 10.1. The van der Waals surface area contributed by atoms with Crippen molar-refractivity contribution < 1.29 is 4.79 Å². The Hall–Kier alpha value is -0.850. The van der Waals surface area contributed by atoms with Gasteiger partial charge in [-0.2, -0.15) is 0 Å². The van der Waals surface area contributed by atoms with Crippen LogP contribution in [0.2, 0.25) is 0 Å². The molecule has 1 heteroatoms. The Morgan fingerprint density at radius 2 is 2.20 bits per heavy atom. The molecule has 1 nitrogen and oxygen atoms in total. The molecule has 0 aliphatic rings. The van der Waals surface area contributed by atoms with Gasteiger partial charge in [0.05, 0.1) is 0 Å². The number of carbonyl (C=O) groups excluding carboxylic acids is 1. The van der Waals surface area contributed by atoms with E-state index in [1.807, 2.05) is 25.2 Å². The Balaban J connectivity index is 3.34. The van der Waals surface area contributed by atoms with Crippen molar-refractivity contribution >= 4 is 6.29 Å². The van der Waals surface area contributed by atoms with E-state index < -0.39 is 0 Å². The van der Waals surface area contributed by atoms with Crippen molar-refractivity contribution in [3.63, 3.8) is 0 Å². The molecule has 56 valence electrons. The van der Waals surface area contributed by atoms with Gasteiger partial charge >= 0.3 is 0 Å². The second kappa shape index (κ2) is 6.27. The smallest absolute Gasteiger partial charge is 0.126 e. The Morgan fingerprint density at radius 3 is 2.70 bits per heavy atom. The monoisotopic (exact) mass is 138 g/mol. The van der Waals surface area contributed by atoms with Crippen LogP contribution in [0.5, 0.6) is 0 Å². The van der Waals surface area contributed by atoms with Crippen molar-refractivity contribution in [1.82, 2.24) is 0 Å². The summed E-state index contributed by atoms with van der Waals surface area (Å²) in [5, 5.41) is 0. The van der Waals surface area contributed by atoms with Crippen molar-refractivity contribution in [2.75, 3.05) is 0 Å². The third-order valence-electron chi connectivity index (χ3n) is 1.19. The highest BCUT2D eigenvalue weighted by Crippen LogP contribution is 1.96. The predicted molar refractivity (Wildman–Crippen MR) is 43.8 cm³/mol. The fourth-order valence-corrected chi connectivity index (χ4v) is 0.570. The van der Waals surface area contributed by atoms with Crippen LogP contribution in [0.15, 0.2) is 24.8 Å². The molecule has 0 bridgehead atoms. The van der Waals surface area contributed by atoms with Crippen molar-refractivity contribution in [3.8, 4) is 0 Å². The molecule has 0 aromatic heterocycles. The lowest BCUT2D eigenvalue weighted by Gasteiger charge is -1.90. The molecule has 0 aliphatic carbocycles. The highest BCUT2D eigenvalue weighted by atomic mass is 16.1. The van der Waals surface area contributed by atoms with Gasteiger partial charge in [0, 0.05) is 5.92 Å². The topological polar surface area (TPSA) is 17.1 Å². The fraction of sp³-hybridized carbons (Fsp3) is 0.444. The van der Waals surface area contributed by atoms with Crippen LogP contribution in [0.25, 0.3) is 0 Å². The second-order valence-electron chi connectivity index (χ2n) is 2.29. The Bertz CT molecular complexity index is 125. The number of unbranched alkanes of at least 4 members (excludes halogenated alkanes) is 1. The summed E-state index contributed by atoms with van der Waals surface area (Å²) in [7, 11) is 0. The molecule has 0 N–H and O–H groups in total. The van der Waals surface area contributed by atoms with Gasteiger partial charge in [0.15, 0.2) is 0 Å². The highest BCUT2D eigenvalue weighted by molar-refractivity contribution is 5.55. The van der Waals surface area contributed by atoms with Gasteiger partial charge in [-0.3, -0.25) is 0 Å². The quantitative estimate of drug-likeness (QED) is 0.324. The molecule has 0 aromatic rings. The zero-order chi connectivity index (χ0) is 7.82. The lowest BCUT2D eigenvalue weighted by atomic mass is 10.2. The number of aldehydes is 1. The number of carbonyl (C=O) groups is 1.